The molecule has 206 valence electrons. The van der Waals surface area contributed by atoms with Gasteiger partial charge in [0.2, 0.25) is 5.91 Å². The monoisotopic (exact) mass is 566 g/mol. The lowest BCUT2D eigenvalue weighted by Crippen LogP contribution is -2.27. The summed E-state index contributed by atoms with van der Waals surface area (Å²) < 4.78 is 13.6. The van der Waals surface area contributed by atoms with Crippen LogP contribution in [0.3, 0.4) is 0 Å². The fourth-order valence-corrected chi connectivity index (χ4v) is 5.75. The molecule has 2 fully saturated rings. The Morgan fingerprint density at radius 3 is 2.61 bits per heavy atom. The minimum Gasteiger partial charge on any atom is -0.457 e. The van der Waals surface area contributed by atoms with Gasteiger partial charge in [0.05, 0.1) is 6.54 Å². The number of pyridine rings is 1. The van der Waals surface area contributed by atoms with Crippen molar-refractivity contribution in [1.29, 1.82) is 0 Å². The summed E-state index contributed by atoms with van der Waals surface area (Å²) in [5.41, 5.74) is 2.35. The number of carbonyl (C=O) groups excluding carboxylic acids is 1. The number of aromatic nitrogens is 5. The molecule has 7 rings (SSSR count). The van der Waals surface area contributed by atoms with E-state index in [9.17, 15) is 9.59 Å². The first kappa shape index (κ1) is 25.3. The molecule has 1 aliphatic heterocycles. The third-order valence-corrected chi connectivity index (χ3v) is 8.25. The van der Waals surface area contributed by atoms with Gasteiger partial charge in [-0.2, -0.15) is 4.98 Å². The van der Waals surface area contributed by atoms with Crippen molar-refractivity contribution in [1.82, 2.24) is 29.8 Å². The Bertz CT molecular complexity index is 1790. The number of nitrogens with zero attached hydrogens (tertiary/aromatic N) is 6. The highest BCUT2D eigenvalue weighted by Gasteiger charge is 2.41. The molecule has 1 unspecified atom stereocenters. The average molecular weight is 567 g/mol. The van der Waals surface area contributed by atoms with Gasteiger partial charge in [-0.3, -0.25) is 9.59 Å². The summed E-state index contributed by atoms with van der Waals surface area (Å²) in [7, 11) is 0. The molecule has 1 saturated carbocycles. The lowest BCUT2D eigenvalue weighted by molar-refractivity contribution is -0.128. The van der Waals surface area contributed by atoms with Crippen LogP contribution in [-0.2, 0) is 11.3 Å². The quantitative estimate of drug-likeness (QED) is 0.256. The summed E-state index contributed by atoms with van der Waals surface area (Å²) in [5, 5.41) is 14.3. The van der Waals surface area contributed by atoms with E-state index in [1.165, 1.54) is 17.4 Å². The van der Waals surface area contributed by atoms with E-state index in [0.717, 1.165) is 34.0 Å². The van der Waals surface area contributed by atoms with Crippen LogP contribution in [0.15, 0.2) is 76.2 Å². The van der Waals surface area contributed by atoms with Gasteiger partial charge in [0.25, 0.3) is 11.4 Å². The number of benzene rings is 2. The molecule has 3 aromatic heterocycles. The van der Waals surface area contributed by atoms with Crippen LogP contribution in [0.1, 0.15) is 41.6 Å². The maximum Gasteiger partial charge on any atom is 0.258 e. The van der Waals surface area contributed by atoms with Crippen LogP contribution in [0.5, 0.6) is 11.5 Å². The van der Waals surface area contributed by atoms with E-state index >= 15 is 0 Å². The van der Waals surface area contributed by atoms with Crippen molar-refractivity contribution in [3.63, 3.8) is 0 Å². The molecule has 2 aliphatic rings. The number of aryl methyl sites for hydroxylation is 1. The second kappa shape index (κ2) is 10.4. The van der Waals surface area contributed by atoms with E-state index in [2.05, 4.69) is 20.3 Å². The second-order valence-corrected chi connectivity index (χ2v) is 11.6. The number of amides is 1. The van der Waals surface area contributed by atoms with Gasteiger partial charge in [0, 0.05) is 53.9 Å². The fraction of sp³-hybridized carbons (Fsp3) is 0.267. The molecule has 1 saturated heterocycles. The summed E-state index contributed by atoms with van der Waals surface area (Å²) in [6, 6.07) is 18.7. The summed E-state index contributed by atoms with van der Waals surface area (Å²) in [6.07, 6.45) is 4.30. The van der Waals surface area contributed by atoms with Gasteiger partial charge in [-0.05, 0) is 62.2 Å². The molecule has 5 aromatic rings. The zero-order chi connectivity index (χ0) is 27.9. The van der Waals surface area contributed by atoms with Crippen LogP contribution in [0.2, 0.25) is 0 Å². The molecule has 2 aromatic carbocycles. The number of rotatable bonds is 8. The summed E-state index contributed by atoms with van der Waals surface area (Å²) in [4.78, 5) is 31.5. The molecule has 1 aliphatic carbocycles. The zero-order valence-electron chi connectivity index (χ0n) is 22.3. The van der Waals surface area contributed by atoms with Crippen molar-refractivity contribution in [3.8, 4) is 33.5 Å². The lowest BCUT2D eigenvalue weighted by Gasteiger charge is -2.14. The third kappa shape index (κ3) is 5.28. The molecule has 1 amide bonds. The SMILES string of the molecule is Cc1nnc(-c2ccc(Oc3cc(-c4nc(C5CC(=O)N(C6CC6)C5)no4)ccc3Cn3ccccc3=O)cc2)s1. The Labute approximate surface area is 239 Å². The highest BCUT2D eigenvalue weighted by atomic mass is 32.1. The van der Waals surface area contributed by atoms with E-state index in [0.29, 0.717) is 54.3 Å². The van der Waals surface area contributed by atoms with E-state index in [4.69, 9.17) is 9.26 Å². The summed E-state index contributed by atoms with van der Waals surface area (Å²) in [6.45, 7) is 2.88. The second-order valence-electron chi connectivity index (χ2n) is 10.4. The number of hydrogen-bond donors (Lipinski definition) is 0. The summed E-state index contributed by atoms with van der Waals surface area (Å²) in [5.74, 6) is 2.18. The number of ether oxygens (including phenoxy) is 1. The van der Waals surface area contributed by atoms with Crippen molar-refractivity contribution in [2.45, 2.75) is 44.7 Å². The van der Waals surface area contributed by atoms with Crippen LogP contribution in [0.25, 0.3) is 22.0 Å². The Hall–Kier alpha value is -4.64. The third-order valence-electron chi connectivity index (χ3n) is 7.36. The van der Waals surface area contributed by atoms with Gasteiger partial charge < -0.3 is 18.7 Å². The average Bonchev–Trinajstić information content (AvgIpc) is 3.34. The van der Waals surface area contributed by atoms with Gasteiger partial charge >= 0.3 is 0 Å². The molecule has 41 heavy (non-hydrogen) atoms. The van der Waals surface area contributed by atoms with E-state index in [1.807, 2.05) is 60.4 Å². The maximum atomic E-state index is 12.4. The molecule has 10 nitrogen and oxygen atoms in total. The minimum atomic E-state index is -0.105. The molecular formula is C30H26N6O4S. The van der Waals surface area contributed by atoms with Crippen LogP contribution in [-0.4, -0.2) is 48.3 Å². The van der Waals surface area contributed by atoms with Gasteiger partial charge in [-0.15, -0.1) is 10.2 Å². The summed E-state index contributed by atoms with van der Waals surface area (Å²) >= 11 is 1.53. The molecule has 11 heteroatoms. The number of hydrogen-bond acceptors (Lipinski definition) is 9. The Morgan fingerprint density at radius 2 is 1.85 bits per heavy atom. The number of likely N-dealkylation sites (tertiary alicyclic amines) is 1. The topological polar surface area (TPSA) is 116 Å². The van der Waals surface area contributed by atoms with Gasteiger partial charge in [0.15, 0.2) is 5.82 Å². The van der Waals surface area contributed by atoms with Crippen LogP contribution in [0, 0.1) is 6.92 Å². The zero-order valence-corrected chi connectivity index (χ0v) is 23.1. The van der Waals surface area contributed by atoms with Crippen molar-refractivity contribution < 1.29 is 14.1 Å². The Kier molecular flexibility index (Phi) is 6.43. The van der Waals surface area contributed by atoms with Crippen molar-refractivity contribution in [2.24, 2.45) is 0 Å². The fourth-order valence-electron chi connectivity index (χ4n) is 5.06. The standard InChI is InChI=1S/C30H26N6O4S/c1-18-32-33-30(41-18)19-7-11-24(12-8-19)39-25-14-20(5-6-21(25)16-35-13-3-2-4-26(35)37)29-31-28(34-40-29)22-15-27(38)36(17-22)23-9-10-23/h2-8,11-14,22-23H,9-10,15-17H2,1H3. The predicted molar refractivity (Wildman–Crippen MR) is 152 cm³/mol. The first-order valence-corrected chi connectivity index (χ1v) is 14.3. The first-order chi connectivity index (χ1) is 20.0. The molecule has 0 bridgehead atoms. The van der Waals surface area contributed by atoms with Crippen molar-refractivity contribution in [2.75, 3.05) is 6.54 Å². The van der Waals surface area contributed by atoms with Crippen molar-refractivity contribution in [3.05, 3.63) is 93.6 Å². The molecule has 0 radical (unpaired) electrons. The van der Waals surface area contributed by atoms with Gasteiger partial charge in [0.1, 0.15) is 21.5 Å². The first-order valence-electron chi connectivity index (χ1n) is 13.5. The smallest absolute Gasteiger partial charge is 0.258 e. The molecule has 1 atom stereocenters. The largest absolute Gasteiger partial charge is 0.457 e. The molecular weight excluding hydrogens is 540 g/mol. The Morgan fingerprint density at radius 1 is 1.02 bits per heavy atom. The highest BCUT2D eigenvalue weighted by Crippen LogP contribution is 2.37. The normalized spacial score (nSPS) is 16.9. The van der Waals surface area contributed by atoms with Gasteiger partial charge in [-0.1, -0.05) is 28.6 Å². The van der Waals surface area contributed by atoms with Gasteiger partial charge in [-0.25, -0.2) is 0 Å². The molecule has 4 heterocycles. The Balaban J connectivity index is 1.18. The number of carbonyl (C=O) groups is 1. The van der Waals surface area contributed by atoms with Crippen molar-refractivity contribution >= 4 is 17.2 Å². The lowest BCUT2D eigenvalue weighted by atomic mass is 10.1. The van der Waals surface area contributed by atoms with E-state index < -0.39 is 0 Å². The highest BCUT2D eigenvalue weighted by molar-refractivity contribution is 7.14. The predicted octanol–water partition coefficient (Wildman–Crippen LogP) is 5.04. The molecule has 0 N–H and O–H groups in total. The maximum absolute atomic E-state index is 12.4. The minimum absolute atomic E-state index is 0.0733. The van der Waals surface area contributed by atoms with Crippen LogP contribution >= 0.6 is 11.3 Å². The van der Waals surface area contributed by atoms with Crippen LogP contribution < -0.4 is 10.3 Å². The molecule has 0 spiro atoms. The van der Waals surface area contributed by atoms with E-state index in [1.54, 1.807) is 16.8 Å². The van der Waals surface area contributed by atoms with E-state index in [-0.39, 0.29) is 17.4 Å². The van der Waals surface area contributed by atoms with Crippen LogP contribution in [0.4, 0.5) is 0 Å².